The summed E-state index contributed by atoms with van der Waals surface area (Å²) in [7, 11) is 0. The maximum Gasteiger partial charge on any atom is 0.241 e. The number of nitrogens with one attached hydrogen (secondary N) is 2. The second-order valence-corrected chi connectivity index (χ2v) is 5.41. The molecule has 1 atom stereocenters. The van der Waals surface area contributed by atoms with Gasteiger partial charge in [0.1, 0.15) is 0 Å². The van der Waals surface area contributed by atoms with Crippen LogP contribution in [0.15, 0.2) is 23.7 Å². The predicted molar refractivity (Wildman–Crippen MR) is 73.9 cm³/mol. The Hall–Kier alpha value is -1.46. The van der Waals surface area contributed by atoms with Crippen LogP contribution in [-0.2, 0) is 4.79 Å². The van der Waals surface area contributed by atoms with Gasteiger partial charge in [0.05, 0.1) is 21.8 Å². The molecule has 0 spiro atoms. The molecule has 18 heavy (non-hydrogen) atoms. The first-order valence-corrected chi connectivity index (χ1v) is 7.08. The van der Waals surface area contributed by atoms with Crippen molar-refractivity contribution in [2.45, 2.75) is 25.3 Å². The average Bonchev–Trinajstić information content (AvgIpc) is 2.87. The van der Waals surface area contributed by atoms with E-state index < -0.39 is 0 Å². The maximum atomic E-state index is 12.1. The third-order valence-corrected chi connectivity index (χ3v) is 4.02. The monoisotopic (exact) mass is 261 g/mol. The number of nitrogens with zero attached hydrogens (tertiary/aromatic N) is 1. The van der Waals surface area contributed by atoms with Crippen molar-refractivity contribution >= 4 is 33.1 Å². The van der Waals surface area contributed by atoms with E-state index in [1.165, 1.54) is 0 Å². The SMILES string of the molecule is O=C(Nc1ccc2ncsc2c1)[C@H]1CCCCN1. The Morgan fingerprint density at radius 2 is 2.39 bits per heavy atom. The fourth-order valence-corrected chi connectivity index (χ4v) is 2.95. The molecule has 1 amide bonds. The highest BCUT2D eigenvalue weighted by Crippen LogP contribution is 2.22. The molecule has 1 aliphatic rings. The molecule has 2 aromatic rings. The van der Waals surface area contributed by atoms with Gasteiger partial charge in [-0.15, -0.1) is 11.3 Å². The van der Waals surface area contributed by atoms with Crippen molar-refractivity contribution in [3.63, 3.8) is 0 Å². The summed E-state index contributed by atoms with van der Waals surface area (Å²) >= 11 is 1.59. The number of benzene rings is 1. The molecular formula is C13H15N3OS. The van der Waals surface area contributed by atoms with Gasteiger partial charge < -0.3 is 10.6 Å². The van der Waals surface area contributed by atoms with Gasteiger partial charge in [0.15, 0.2) is 0 Å². The average molecular weight is 261 g/mol. The third kappa shape index (κ3) is 2.37. The molecule has 0 unspecified atom stereocenters. The van der Waals surface area contributed by atoms with Crippen LogP contribution in [0.25, 0.3) is 10.2 Å². The number of hydrogen-bond donors (Lipinski definition) is 2. The third-order valence-electron chi connectivity index (χ3n) is 3.23. The molecule has 0 radical (unpaired) electrons. The van der Waals surface area contributed by atoms with E-state index in [1.807, 2.05) is 23.7 Å². The molecule has 4 nitrogen and oxygen atoms in total. The van der Waals surface area contributed by atoms with Crippen LogP contribution in [0.4, 0.5) is 5.69 Å². The summed E-state index contributed by atoms with van der Waals surface area (Å²) in [5, 5.41) is 6.22. The summed E-state index contributed by atoms with van der Waals surface area (Å²) in [6, 6.07) is 5.78. The van der Waals surface area contributed by atoms with Crippen molar-refractivity contribution in [2.24, 2.45) is 0 Å². The minimum absolute atomic E-state index is 0.0455. The largest absolute Gasteiger partial charge is 0.325 e. The van der Waals surface area contributed by atoms with Gasteiger partial charge in [-0.25, -0.2) is 4.98 Å². The first-order valence-electron chi connectivity index (χ1n) is 6.20. The fourth-order valence-electron chi connectivity index (χ4n) is 2.24. The molecule has 2 N–H and O–H groups in total. The number of carbonyl (C=O) groups is 1. The summed E-state index contributed by atoms with van der Waals surface area (Å²) in [4.78, 5) is 16.3. The second-order valence-electron chi connectivity index (χ2n) is 4.53. The fraction of sp³-hybridized carbons (Fsp3) is 0.385. The van der Waals surface area contributed by atoms with E-state index in [1.54, 1.807) is 11.3 Å². The molecule has 0 saturated carbocycles. The molecule has 0 bridgehead atoms. The van der Waals surface area contributed by atoms with Crippen molar-refractivity contribution in [2.75, 3.05) is 11.9 Å². The summed E-state index contributed by atoms with van der Waals surface area (Å²) in [6.45, 7) is 0.936. The number of amides is 1. The molecule has 1 aromatic heterocycles. The van der Waals surface area contributed by atoms with Crippen molar-refractivity contribution in [1.29, 1.82) is 0 Å². The maximum absolute atomic E-state index is 12.1. The van der Waals surface area contributed by atoms with Crippen LogP contribution in [0.2, 0.25) is 0 Å². The molecular weight excluding hydrogens is 246 g/mol. The Bertz CT molecular complexity index is 560. The Morgan fingerprint density at radius 1 is 1.44 bits per heavy atom. The first kappa shape index (κ1) is 11.6. The first-order chi connectivity index (χ1) is 8.83. The lowest BCUT2D eigenvalue weighted by Gasteiger charge is -2.22. The zero-order valence-corrected chi connectivity index (χ0v) is 10.8. The van der Waals surface area contributed by atoms with Gasteiger partial charge in [-0.1, -0.05) is 6.42 Å². The van der Waals surface area contributed by atoms with E-state index in [0.717, 1.165) is 41.7 Å². The van der Waals surface area contributed by atoms with Crippen LogP contribution in [0.5, 0.6) is 0 Å². The van der Waals surface area contributed by atoms with Gasteiger partial charge in [-0.2, -0.15) is 0 Å². The van der Waals surface area contributed by atoms with Crippen LogP contribution in [0.3, 0.4) is 0 Å². The van der Waals surface area contributed by atoms with E-state index in [9.17, 15) is 4.79 Å². The van der Waals surface area contributed by atoms with E-state index in [4.69, 9.17) is 0 Å². The number of rotatable bonds is 2. The molecule has 1 saturated heterocycles. The summed E-state index contributed by atoms with van der Waals surface area (Å²) in [5.74, 6) is 0.0681. The van der Waals surface area contributed by atoms with Crippen molar-refractivity contribution in [3.8, 4) is 0 Å². The normalized spacial score (nSPS) is 19.9. The molecule has 94 valence electrons. The Morgan fingerprint density at radius 3 is 3.22 bits per heavy atom. The van der Waals surface area contributed by atoms with E-state index >= 15 is 0 Å². The van der Waals surface area contributed by atoms with Crippen LogP contribution < -0.4 is 10.6 Å². The lowest BCUT2D eigenvalue weighted by molar-refractivity contribution is -0.118. The van der Waals surface area contributed by atoms with Crippen LogP contribution in [0, 0.1) is 0 Å². The predicted octanol–water partition coefficient (Wildman–Crippen LogP) is 2.38. The number of hydrogen-bond acceptors (Lipinski definition) is 4. The topological polar surface area (TPSA) is 54.0 Å². The van der Waals surface area contributed by atoms with Crippen molar-refractivity contribution in [1.82, 2.24) is 10.3 Å². The lowest BCUT2D eigenvalue weighted by Crippen LogP contribution is -2.43. The number of thiazole rings is 1. The van der Waals surface area contributed by atoms with Gasteiger partial charge >= 0.3 is 0 Å². The quantitative estimate of drug-likeness (QED) is 0.872. The van der Waals surface area contributed by atoms with Gasteiger partial charge in [-0.3, -0.25) is 4.79 Å². The Kier molecular flexibility index (Phi) is 3.25. The van der Waals surface area contributed by atoms with Crippen LogP contribution in [0.1, 0.15) is 19.3 Å². The number of anilines is 1. The summed E-state index contributed by atoms with van der Waals surface area (Å²) < 4.78 is 1.10. The highest BCUT2D eigenvalue weighted by molar-refractivity contribution is 7.16. The number of piperidine rings is 1. The Balaban J connectivity index is 1.72. The molecule has 1 aliphatic heterocycles. The number of fused-ring (bicyclic) bond motifs is 1. The molecule has 2 heterocycles. The second kappa shape index (κ2) is 5.04. The van der Waals surface area contributed by atoms with Crippen LogP contribution >= 0.6 is 11.3 Å². The number of aromatic nitrogens is 1. The zero-order chi connectivity index (χ0) is 12.4. The molecule has 1 fully saturated rings. The minimum atomic E-state index is -0.0455. The van der Waals surface area contributed by atoms with Gasteiger partial charge in [-0.05, 0) is 37.6 Å². The van der Waals surface area contributed by atoms with E-state index in [-0.39, 0.29) is 11.9 Å². The van der Waals surface area contributed by atoms with Crippen molar-refractivity contribution in [3.05, 3.63) is 23.7 Å². The summed E-state index contributed by atoms with van der Waals surface area (Å²) in [5.41, 5.74) is 3.65. The van der Waals surface area contributed by atoms with E-state index in [0.29, 0.717) is 0 Å². The van der Waals surface area contributed by atoms with Crippen LogP contribution in [-0.4, -0.2) is 23.5 Å². The smallest absolute Gasteiger partial charge is 0.241 e. The molecule has 0 aliphatic carbocycles. The van der Waals surface area contributed by atoms with E-state index in [2.05, 4.69) is 15.6 Å². The van der Waals surface area contributed by atoms with Gasteiger partial charge in [0.25, 0.3) is 0 Å². The Labute approximate surface area is 109 Å². The molecule has 5 heteroatoms. The standard InChI is InChI=1S/C13H15N3OS/c17-13(11-3-1-2-6-14-11)16-9-4-5-10-12(7-9)18-8-15-10/h4-5,7-8,11,14H,1-3,6H2,(H,16,17)/t11-/m1/s1. The van der Waals surface area contributed by atoms with Crippen molar-refractivity contribution < 1.29 is 4.79 Å². The van der Waals surface area contributed by atoms with Gasteiger partial charge in [0, 0.05) is 5.69 Å². The lowest BCUT2D eigenvalue weighted by atomic mass is 10.0. The zero-order valence-electron chi connectivity index (χ0n) is 9.98. The summed E-state index contributed by atoms with van der Waals surface area (Å²) in [6.07, 6.45) is 3.21. The molecule has 3 rings (SSSR count). The highest BCUT2D eigenvalue weighted by atomic mass is 32.1. The number of carbonyl (C=O) groups excluding carboxylic acids is 1. The minimum Gasteiger partial charge on any atom is -0.325 e. The molecule has 1 aromatic carbocycles. The highest BCUT2D eigenvalue weighted by Gasteiger charge is 2.20. The van der Waals surface area contributed by atoms with Gasteiger partial charge in [0.2, 0.25) is 5.91 Å².